The molecule has 0 radical (unpaired) electrons. The van der Waals surface area contributed by atoms with E-state index in [1.54, 1.807) is 10.6 Å². The molecule has 0 saturated heterocycles. The molecule has 3 N–H and O–H groups in total. The number of carbonyl (C=O) groups is 2. The van der Waals surface area contributed by atoms with Gasteiger partial charge in [0.1, 0.15) is 5.69 Å². The topological polar surface area (TPSA) is 99.5 Å². The number of amides is 1. The number of carboxylic acid groups (broad SMARTS) is 1. The van der Waals surface area contributed by atoms with Gasteiger partial charge in [0.2, 0.25) is 0 Å². The van der Waals surface area contributed by atoms with Crippen molar-refractivity contribution in [1.29, 1.82) is 0 Å². The molecule has 2 aromatic heterocycles. The van der Waals surface area contributed by atoms with E-state index in [0.29, 0.717) is 11.3 Å². The number of carboxylic acids is 1. The monoisotopic (exact) mass is 362 g/mol. The van der Waals surface area contributed by atoms with Gasteiger partial charge in [-0.25, -0.2) is 9.50 Å². The molecular formula is C20H18N4O3. The number of rotatable bonds is 5. The number of aliphatic carboxylic acids is 1. The fourth-order valence-electron chi connectivity index (χ4n) is 3.28. The summed E-state index contributed by atoms with van der Waals surface area (Å²) >= 11 is 0. The van der Waals surface area contributed by atoms with Crippen molar-refractivity contribution in [2.24, 2.45) is 0 Å². The van der Waals surface area contributed by atoms with E-state index in [4.69, 9.17) is 0 Å². The average Bonchev–Trinajstić information content (AvgIpc) is 3.19. The van der Waals surface area contributed by atoms with Gasteiger partial charge in [0.25, 0.3) is 5.91 Å². The molecule has 2 heterocycles. The number of hydrogen-bond donors (Lipinski definition) is 3. The van der Waals surface area contributed by atoms with E-state index < -0.39 is 12.0 Å². The maximum atomic E-state index is 12.7. The van der Waals surface area contributed by atoms with Crippen LogP contribution in [0, 0.1) is 6.92 Å². The van der Waals surface area contributed by atoms with Gasteiger partial charge in [-0.2, -0.15) is 0 Å². The van der Waals surface area contributed by atoms with E-state index in [2.05, 4.69) is 15.4 Å². The maximum absolute atomic E-state index is 12.7. The number of fused-ring (bicyclic) bond motifs is 3. The molecule has 0 spiro atoms. The number of carbonyl (C=O) groups excluding carboxylic acids is 1. The molecule has 0 bridgehead atoms. The molecule has 0 fully saturated rings. The highest BCUT2D eigenvalue weighted by Gasteiger charge is 2.22. The Hall–Kier alpha value is -3.61. The molecule has 1 amide bonds. The van der Waals surface area contributed by atoms with Crippen molar-refractivity contribution in [3.05, 3.63) is 71.4 Å². The smallest absolute Gasteiger partial charge is 0.305 e. The minimum atomic E-state index is -0.976. The molecule has 0 aliphatic carbocycles. The largest absolute Gasteiger partial charge is 0.481 e. The molecule has 0 saturated carbocycles. The number of aryl methyl sites for hydroxylation is 1. The predicted molar refractivity (Wildman–Crippen MR) is 101 cm³/mol. The molecule has 0 aliphatic heterocycles. The van der Waals surface area contributed by atoms with Crippen LogP contribution in [-0.4, -0.2) is 31.6 Å². The van der Waals surface area contributed by atoms with Crippen LogP contribution in [0.5, 0.6) is 0 Å². The fourth-order valence-corrected chi connectivity index (χ4v) is 3.28. The van der Waals surface area contributed by atoms with Gasteiger partial charge >= 0.3 is 5.97 Å². The van der Waals surface area contributed by atoms with Crippen molar-refractivity contribution in [2.45, 2.75) is 19.4 Å². The first kappa shape index (κ1) is 16.8. The lowest BCUT2D eigenvalue weighted by atomic mass is 9.98. The number of aromatic nitrogens is 3. The highest BCUT2D eigenvalue weighted by atomic mass is 16.4. The van der Waals surface area contributed by atoms with Gasteiger partial charge in [-0.15, -0.1) is 0 Å². The molecule has 4 aromatic rings. The summed E-state index contributed by atoms with van der Waals surface area (Å²) in [4.78, 5) is 28.5. The lowest BCUT2D eigenvalue weighted by Gasteiger charge is -2.19. The number of para-hydroxylation sites is 2. The summed E-state index contributed by atoms with van der Waals surface area (Å²) in [5.41, 5.74) is 4.37. The third-order valence-electron chi connectivity index (χ3n) is 4.58. The summed E-state index contributed by atoms with van der Waals surface area (Å²) in [5.74, 6) is -1.35. The standard InChI is InChI=1S/C20H18N4O3/c1-12-6-2-3-7-13(12)15(11-19(25)26)22-20(27)16-10-18-21-14-8-4-5-9-17(14)24(18)23-16/h2-10,15,23H,11H2,1H3,(H,22,27)(H,25,26). The van der Waals surface area contributed by atoms with Gasteiger partial charge in [-0.05, 0) is 30.2 Å². The van der Waals surface area contributed by atoms with E-state index in [1.807, 2.05) is 55.5 Å². The van der Waals surface area contributed by atoms with Crippen molar-refractivity contribution in [1.82, 2.24) is 19.9 Å². The second kappa shape index (κ2) is 6.60. The van der Waals surface area contributed by atoms with E-state index in [1.165, 1.54) is 0 Å². The van der Waals surface area contributed by atoms with Crippen molar-refractivity contribution < 1.29 is 14.7 Å². The van der Waals surface area contributed by atoms with Crippen LogP contribution >= 0.6 is 0 Å². The average molecular weight is 362 g/mol. The number of aromatic amines is 1. The summed E-state index contributed by atoms with van der Waals surface area (Å²) in [6.45, 7) is 1.89. The quantitative estimate of drug-likeness (QED) is 0.508. The molecular weight excluding hydrogens is 344 g/mol. The highest BCUT2D eigenvalue weighted by molar-refractivity contribution is 5.95. The Kier molecular flexibility index (Phi) is 4.12. The number of hydrogen-bond acceptors (Lipinski definition) is 3. The van der Waals surface area contributed by atoms with E-state index >= 15 is 0 Å². The Labute approximate surface area is 154 Å². The van der Waals surface area contributed by atoms with Crippen molar-refractivity contribution in [3.8, 4) is 0 Å². The van der Waals surface area contributed by atoms with Crippen LogP contribution in [0.4, 0.5) is 0 Å². The normalized spacial score (nSPS) is 12.3. The molecule has 1 atom stereocenters. The first-order valence-corrected chi connectivity index (χ1v) is 8.57. The van der Waals surface area contributed by atoms with Gasteiger partial charge in [-0.3, -0.25) is 14.7 Å². The Morgan fingerprint density at radius 1 is 1.19 bits per heavy atom. The van der Waals surface area contributed by atoms with Crippen molar-refractivity contribution in [3.63, 3.8) is 0 Å². The fraction of sp³-hybridized carbons (Fsp3) is 0.150. The Morgan fingerprint density at radius 2 is 1.93 bits per heavy atom. The Bertz CT molecular complexity index is 1160. The van der Waals surface area contributed by atoms with Crippen molar-refractivity contribution >= 4 is 28.6 Å². The Balaban J connectivity index is 1.65. The zero-order valence-electron chi connectivity index (χ0n) is 14.6. The van der Waals surface area contributed by atoms with E-state index in [9.17, 15) is 14.7 Å². The van der Waals surface area contributed by atoms with Gasteiger partial charge in [0.05, 0.1) is 23.5 Å². The van der Waals surface area contributed by atoms with Crippen LogP contribution in [0.2, 0.25) is 0 Å². The number of benzene rings is 2. The minimum Gasteiger partial charge on any atom is -0.481 e. The van der Waals surface area contributed by atoms with Gasteiger partial charge < -0.3 is 10.4 Å². The van der Waals surface area contributed by atoms with Crippen LogP contribution < -0.4 is 5.32 Å². The number of H-pyrrole nitrogens is 1. The molecule has 7 nitrogen and oxygen atoms in total. The second-order valence-corrected chi connectivity index (χ2v) is 6.44. The lowest BCUT2D eigenvalue weighted by Crippen LogP contribution is -2.31. The SMILES string of the molecule is Cc1ccccc1C(CC(=O)O)NC(=O)c1cc2nc3ccccc3n2[nH]1. The van der Waals surface area contributed by atoms with Crippen LogP contribution in [0.15, 0.2) is 54.6 Å². The van der Waals surface area contributed by atoms with E-state index in [-0.39, 0.29) is 12.3 Å². The summed E-state index contributed by atoms with van der Waals surface area (Å²) in [6.07, 6.45) is -0.197. The number of nitrogens with zero attached hydrogens (tertiary/aromatic N) is 2. The Morgan fingerprint density at radius 3 is 2.70 bits per heavy atom. The van der Waals surface area contributed by atoms with Gasteiger partial charge in [-0.1, -0.05) is 36.4 Å². The molecule has 0 aliphatic rings. The number of nitrogens with one attached hydrogen (secondary N) is 2. The van der Waals surface area contributed by atoms with E-state index in [0.717, 1.165) is 22.2 Å². The molecule has 136 valence electrons. The van der Waals surface area contributed by atoms with Crippen LogP contribution in [0.1, 0.15) is 34.1 Å². The summed E-state index contributed by atoms with van der Waals surface area (Å²) in [7, 11) is 0. The van der Waals surface area contributed by atoms with Crippen molar-refractivity contribution in [2.75, 3.05) is 0 Å². The summed E-state index contributed by atoms with van der Waals surface area (Å²) in [5, 5.41) is 15.1. The molecule has 1 unspecified atom stereocenters. The summed E-state index contributed by atoms with van der Waals surface area (Å²) < 4.78 is 1.74. The summed E-state index contributed by atoms with van der Waals surface area (Å²) in [6, 6.07) is 16.1. The molecule has 2 aromatic carbocycles. The third-order valence-corrected chi connectivity index (χ3v) is 4.58. The van der Waals surface area contributed by atoms with Crippen LogP contribution in [-0.2, 0) is 4.79 Å². The van der Waals surface area contributed by atoms with Crippen LogP contribution in [0.3, 0.4) is 0 Å². The highest BCUT2D eigenvalue weighted by Crippen LogP contribution is 2.22. The minimum absolute atomic E-state index is 0.197. The van der Waals surface area contributed by atoms with Gasteiger partial charge in [0, 0.05) is 6.07 Å². The third kappa shape index (κ3) is 3.15. The van der Waals surface area contributed by atoms with Gasteiger partial charge in [0.15, 0.2) is 5.65 Å². The first-order chi connectivity index (χ1) is 13.0. The molecule has 27 heavy (non-hydrogen) atoms. The predicted octanol–water partition coefficient (Wildman–Crippen LogP) is 3.07. The lowest BCUT2D eigenvalue weighted by molar-refractivity contribution is -0.137. The zero-order valence-corrected chi connectivity index (χ0v) is 14.6. The number of imidazole rings is 1. The molecule has 4 rings (SSSR count). The first-order valence-electron chi connectivity index (χ1n) is 8.57. The zero-order chi connectivity index (χ0) is 19.0. The molecule has 7 heteroatoms. The maximum Gasteiger partial charge on any atom is 0.305 e. The van der Waals surface area contributed by atoms with Crippen LogP contribution in [0.25, 0.3) is 16.7 Å². The second-order valence-electron chi connectivity index (χ2n) is 6.44.